The Balaban J connectivity index is 2.17. The molecule has 15 heavy (non-hydrogen) atoms. The highest BCUT2D eigenvalue weighted by Gasteiger charge is 2.24. The van der Waals surface area contributed by atoms with E-state index in [-0.39, 0.29) is 0 Å². The van der Waals surface area contributed by atoms with Gasteiger partial charge in [0.15, 0.2) is 0 Å². The molecule has 1 aliphatic rings. The van der Waals surface area contributed by atoms with Crippen LogP contribution in [0.15, 0.2) is 12.4 Å². The van der Waals surface area contributed by atoms with Crippen LogP contribution in [0.1, 0.15) is 19.5 Å². The van der Waals surface area contributed by atoms with Gasteiger partial charge in [-0.3, -0.25) is 0 Å². The van der Waals surface area contributed by atoms with Gasteiger partial charge < -0.3 is 10.2 Å². The summed E-state index contributed by atoms with van der Waals surface area (Å²) in [6, 6.07) is 2.71. The van der Waals surface area contributed by atoms with E-state index in [0.29, 0.717) is 6.04 Å². The molecule has 1 aliphatic heterocycles. The SMILES string of the molecule is CCc1cc(N(CC)C2CNC2)ncn1. The number of hydrogen-bond donors (Lipinski definition) is 1. The summed E-state index contributed by atoms with van der Waals surface area (Å²) >= 11 is 0. The van der Waals surface area contributed by atoms with Crippen LogP contribution in [0.3, 0.4) is 0 Å². The maximum Gasteiger partial charge on any atom is 0.132 e. The predicted octanol–water partition coefficient (Wildman–Crippen LogP) is 0.837. The van der Waals surface area contributed by atoms with Crippen LogP contribution in [0.5, 0.6) is 0 Å². The first-order valence-electron chi connectivity index (χ1n) is 5.63. The van der Waals surface area contributed by atoms with Gasteiger partial charge in [0.1, 0.15) is 12.1 Å². The third kappa shape index (κ3) is 2.09. The molecule has 82 valence electrons. The van der Waals surface area contributed by atoms with Crippen LogP contribution in [-0.4, -0.2) is 35.6 Å². The second-order valence-corrected chi connectivity index (χ2v) is 3.82. The van der Waals surface area contributed by atoms with Crippen LogP contribution < -0.4 is 10.2 Å². The van der Waals surface area contributed by atoms with Gasteiger partial charge in [-0.25, -0.2) is 9.97 Å². The molecule has 1 saturated heterocycles. The Hall–Kier alpha value is -1.16. The van der Waals surface area contributed by atoms with Gasteiger partial charge >= 0.3 is 0 Å². The van der Waals surface area contributed by atoms with E-state index in [2.05, 4.69) is 40.1 Å². The minimum Gasteiger partial charge on any atom is -0.351 e. The summed E-state index contributed by atoms with van der Waals surface area (Å²) in [5.74, 6) is 1.07. The second kappa shape index (κ2) is 4.57. The Labute approximate surface area is 90.7 Å². The molecule has 0 atom stereocenters. The van der Waals surface area contributed by atoms with Crippen LogP contribution in [0, 0.1) is 0 Å². The second-order valence-electron chi connectivity index (χ2n) is 3.82. The number of hydrogen-bond acceptors (Lipinski definition) is 4. The van der Waals surface area contributed by atoms with Crippen molar-refractivity contribution in [2.24, 2.45) is 0 Å². The zero-order chi connectivity index (χ0) is 10.7. The van der Waals surface area contributed by atoms with Crippen molar-refractivity contribution in [3.8, 4) is 0 Å². The molecule has 0 bridgehead atoms. The number of rotatable bonds is 4. The van der Waals surface area contributed by atoms with Crippen molar-refractivity contribution < 1.29 is 0 Å². The smallest absolute Gasteiger partial charge is 0.132 e. The molecule has 1 fully saturated rings. The van der Waals surface area contributed by atoms with Crippen LogP contribution in [0.25, 0.3) is 0 Å². The van der Waals surface area contributed by atoms with E-state index in [1.807, 2.05) is 0 Å². The molecule has 4 nitrogen and oxygen atoms in total. The van der Waals surface area contributed by atoms with Crippen molar-refractivity contribution >= 4 is 5.82 Å². The van der Waals surface area contributed by atoms with Gasteiger partial charge in [-0.15, -0.1) is 0 Å². The number of likely N-dealkylation sites (N-methyl/N-ethyl adjacent to an activating group) is 1. The zero-order valence-electron chi connectivity index (χ0n) is 9.40. The molecule has 1 aromatic rings. The minimum atomic E-state index is 0.606. The first kappa shape index (κ1) is 10.4. The lowest BCUT2D eigenvalue weighted by molar-refractivity contribution is 0.415. The first-order chi connectivity index (χ1) is 7.35. The molecule has 1 N–H and O–H groups in total. The van der Waals surface area contributed by atoms with E-state index in [9.17, 15) is 0 Å². The summed E-state index contributed by atoms with van der Waals surface area (Å²) < 4.78 is 0. The topological polar surface area (TPSA) is 41.0 Å². The van der Waals surface area contributed by atoms with E-state index in [1.165, 1.54) is 0 Å². The number of aromatic nitrogens is 2. The van der Waals surface area contributed by atoms with Crippen molar-refractivity contribution in [1.29, 1.82) is 0 Å². The maximum atomic E-state index is 4.35. The fraction of sp³-hybridized carbons (Fsp3) is 0.636. The Morgan fingerprint density at radius 3 is 2.73 bits per heavy atom. The third-order valence-corrected chi connectivity index (χ3v) is 2.91. The maximum absolute atomic E-state index is 4.35. The van der Waals surface area contributed by atoms with Crippen molar-refractivity contribution in [2.45, 2.75) is 26.3 Å². The highest BCUT2D eigenvalue weighted by Crippen LogP contribution is 2.16. The number of nitrogens with one attached hydrogen (secondary N) is 1. The van der Waals surface area contributed by atoms with E-state index in [1.54, 1.807) is 6.33 Å². The standard InChI is InChI=1S/C11H18N4/c1-3-9-5-11(14-8-13-9)15(4-2)10-6-12-7-10/h5,8,10,12H,3-4,6-7H2,1-2H3. The molecule has 0 radical (unpaired) electrons. The van der Waals surface area contributed by atoms with Gasteiger partial charge in [-0.2, -0.15) is 0 Å². The molecule has 4 heteroatoms. The molecule has 0 aromatic carbocycles. The van der Waals surface area contributed by atoms with E-state index in [4.69, 9.17) is 0 Å². The van der Waals surface area contributed by atoms with Gasteiger partial charge in [-0.1, -0.05) is 6.92 Å². The zero-order valence-corrected chi connectivity index (χ0v) is 9.40. The van der Waals surface area contributed by atoms with Crippen LogP contribution in [0.2, 0.25) is 0 Å². The third-order valence-electron chi connectivity index (χ3n) is 2.91. The van der Waals surface area contributed by atoms with Gasteiger partial charge in [0, 0.05) is 31.4 Å². The van der Waals surface area contributed by atoms with Gasteiger partial charge in [0.25, 0.3) is 0 Å². The average Bonchev–Trinajstić information content (AvgIpc) is 2.23. The average molecular weight is 206 g/mol. The monoisotopic (exact) mass is 206 g/mol. The highest BCUT2D eigenvalue weighted by molar-refractivity contribution is 5.41. The fourth-order valence-corrected chi connectivity index (χ4v) is 1.84. The molecule has 0 aliphatic carbocycles. The molecule has 0 amide bonds. The van der Waals surface area contributed by atoms with E-state index >= 15 is 0 Å². The summed E-state index contributed by atoms with van der Waals surface area (Å²) in [6.07, 6.45) is 2.64. The van der Waals surface area contributed by atoms with Crippen molar-refractivity contribution in [3.63, 3.8) is 0 Å². The predicted molar refractivity (Wildman–Crippen MR) is 61.1 cm³/mol. The lowest BCUT2D eigenvalue weighted by atomic mass is 10.1. The molecule has 2 heterocycles. The van der Waals surface area contributed by atoms with Gasteiger partial charge in [-0.05, 0) is 13.3 Å². The first-order valence-corrected chi connectivity index (χ1v) is 5.63. The largest absolute Gasteiger partial charge is 0.351 e. The summed E-state index contributed by atoms with van der Waals surface area (Å²) in [7, 11) is 0. The molecule has 0 saturated carbocycles. The highest BCUT2D eigenvalue weighted by atomic mass is 15.3. The van der Waals surface area contributed by atoms with Crippen molar-refractivity contribution in [1.82, 2.24) is 15.3 Å². The quantitative estimate of drug-likeness (QED) is 0.792. The van der Waals surface area contributed by atoms with Gasteiger partial charge in [0.05, 0.1) is 6.04 Å². The lowest BCUT2D eigenvalue weighted by Gasteiger charge is -2.38. The van der Waals surface area contributed by atoms with Crippen LogP contribution >= 0.6 is 0 Å². The summed E-state index contributed by atoms with van der Waals surface area (Å²) in [5.41, 5.74) is 1.12. The summed E-state index contributed by atoms with van der Waals surface area (Å²) in [5, 5.41) is 3.29. The Morgan fingerprint density at radius 1 is 1.40 bits per heavy atom. The van der Waals surface area contributed by atoms with Crippen LogP contribution in [0.4, 0.5) is 5.82 Å². The van der Waals surface area contributed by atoms with E-state index in [0.717, 1.165) is 37.6 Å². The fourth-order valence-electron chi connectivity index (χ4n) is 1.84. The van der Waals surface area contributed by atoms with Crippen LogP contribution in [-0.2, 0) is 6.42 Å². The molecule has 1 aromatic heterocycles. The Bertz CT molecular complexity index is 322. The van der Waals surface area contributed by atoms with Crippen molar-refractivity contribution in [2.75, 3.05) is 24.5 Å². The molecular weight excluding hydrogens is 188 g/mol. The van der Waals surface area contributed by atoms with E-state index < -0.39 is 0 Å². The normalized spacial score (nSPS) is 16.1. The number of aryl methyl sites for hydroxylation is 1. The molecule has 0 spiro atoms. The Morgan fingerprint density at radius 2 is 2.20 bits per heavy atom. The minimum absolute atomic E-state index is 0.606. The Kier molecular flexibility index (Phi) is 3.16. The molecule has 0 unspecified atom stereocenters. The summed E-state index contributed by atoms with van der Waals surface area (Å²) in [4.78, 5) is 10.9. The molecule has 2 rings (SSSR count). The van der Waals surface area contributed by atoms with Gasteiger partial charge in [0.2, 0.25) is 0 Å². The summed E-state index contributed by atoms with van der Waals surface area (Å²) in [6.45, 7) is 7.43. The number of nitrogens with zero attached hydrogens (tertiary/aromatic N) is 3. The molecular formula is C11H18N4. The van der Waals surface area contributed by atoms with Crippen molar-refractivity contribution in [3.05, 3.63) is 18.1 Å². The number of anilines is 1. The lowest BCUT2D eigenvalue weighted by Crippen LogP contribution is -2.57.